The Morgan fingerprint density at radius 3 is 2.79 bits per heavy atom. The number of aryl methyl sites for hydroxylation is 1. The molecule has 2 aromatic heterocycles. The summed E-state index contributed by atoms with van der Waals surface area (Å²) in [6.07, 6.45) is 1.21. The van der Waals surface area contributed by atoms with Crippen LogP contribution in [-0.2, 0) is 0 Å². The van der Waals surface area contributed by atoms with Gasteiger partial charge in [0.15, 0.2) is 0 Å². The molecule has 140 valence electrons. The average Bonchev–Trinajstić information content (AvgIpc) is 3.00. The number of H-pyrrole nitrogens is 2. The molecule has 2 aromatic carbocycles. The normalized spacial score (nSPS) is 11.5. The Morgan fingerprint density at radius 2 is 2.00 bits per heavy atom. The van der Waals surface area contributed by atoms with Crippen LogP contribution in [-0.4, -0.2) is 30.8 Å². The fourth-order valence-electron chi connectivity index (χ4n) is 2.85. The first-order valence-corrected chi connectivity index (χ1v) is 8.65. The molecule has 0 aliphatic heterocycles. The van der Waals surface area contributed by atoms with E-state index in [4.69, 9.17) is 11.6 Å². The summed E-state index contributed by atoms with van der Waals surface area (Å²) in [7, 11) is 0. The van der Waals surface area contributed by atoms with Crippen LogP contribution in [0.4, 0.5) is 5.69 Å². The Labute approximate surface area is 162 Å². The lowest BCUT2D eigenvalue weighted by Gasteiger charge is -2.09. The number of nitrogens with one attached hydrogen (secondary N) is 2. The zero-order valence-corrected chi connectivity index (χ0v) is 15.4. The molecule has 28 heavy (non-hydrogen) atoms. The largest absolute Gasteiger partial charge is 0.493 e. The molecule has 0 spiro atoms. The van der Waals surface area contributed by atoms with Crippen molar-refractivity contribution in [2.75, 3.05) is 0 Å². The van der Waals surface area contributed by atoms with Crippen LogP contribution < -0.4 is 11.2 Å². The van der Waals surface area contributed by atoms with Crippen molar-refractivity contribution in [3.05, 3.63) is 79.7 Å². The molecule has 0 radical (unpaired) electrons. The highest BCUT2D eigenvalue weighted by Crippen LogP contribution is 2.21. The SMILES string of the molecule is Cc1nc2ccc(N=Cc3c(O)n(-c4cccc(Cl)c4)c(=O)[nH]c3=O)cc2[nH]1. The van der Waals surface area contributed by atoms with Crippen molar-refractivity contribution < 1.29 is 5.11 Å². The number of rotatable bonds is 3. The molecule has 0 aliphatic rings. The van der Waals surface area contributed by atoms with Crippen LogP contribution in [0.3, 0.4) is 0 Å². The zero-order valence-electron chi connectivity index (χ0n) is 14.6. The topological polar surface area (TPSA) is 116 Å². The third kappa shape index (κ3) is 3.21. The number of imidazole rings is 1. The van der Waals surface area contributed by atoms with Crippen LogP contribution in [0, 0.1) is 6.92 Å². The average molecular weight is 396 g/mol. The van der Waals surface area contributed by atoms with E-state index in [1.807, 2.05) is 6.92 Å². The van der Waals surface area contributed by atoms with E-state index in [0.717, 1.165) is 21.4 Å². The molecule has 0 aliphatic carbocycles. The molecular formula is C19H14ClN5O3. The maximum Gasteiger partial charge on any atom is 0.335 e. The fraction of sp³-hybridized carbons (Fsp3) is 0.0526. The van der Waals surface area contributed by atoms with E-state index in [9.17, 15) is 14.7 Å². The second-order valence-corrected chi connectivity index (χ2v) is 6.53. The highest BCUT2D eigenvalue weighted by molar-refractivity contribution is 6.30. The van der Waals surface area contributed by atoms with Gasteiger partial charge in [-0.2, -0.15) is 0 Å². The summed E-state index contributed by atoms with van der Waals surface area (Å²) in [4.78, 5) is 38.2. The Hall–Kier alpha value is -3.65. The van der Waals surface area contributed by atoms with Crippen LogP contribution in [0.5, 0.6) is 5.88 Å². The number of nitrogens with zero attached hydrogens (tertiary/aromatic N) is 3. The van der Waals surface area contributed by atoms with Gasteiger partial charge in [0.2, 0.25) is 5.88 Å². The number of aromatic amines is 2. The van der Waals surface area contributed by atoms with Gasteiger partial charge in [0.05, 0.1) is 22.4 Å². The first-order valence-electron chi connectivity index (χ1n) is 8.27. The summed E-state index contributed by atoms with van der Waals surface area (Å²) in [5, 5.41) is 10.9. The number of halogens is 1. The summed E-state index contributed by atoms with van der Waals surface area (Å²) in [5.74, 6) is 0.247. The minimum absolute atomic E-state index is 0.152. The van der Waals surface area contributed by atoms with E-state index >= 15 is 0 Å². The van der Waals surface area contributed by atoms with Crippen molar-refractivity contribution in [1.29, 1.82) is 0 Å². The standard InChI is InChI=1S/C19H14ClN5O3/c1-10-22-15-6-5-12(8-16(15)23-10)21-9-14-17(26)24-19(28)25(18(14)27)13-4-2-3-11(20)7-13/h2-9,27H,1H3,(H,22,23)(H,24,26,28). The third-order valence-corrected chi connectivity index (χ3v) is 4.35. The maximum absolute atomic E-state index is 12.2. The number of fused-ring (bicyclic) bond motifs is 1. The van der Waals surface area contributed by atoms with Gasteiger partial charge in [0.1, 0.15) is 11.4 Å². The molecule has 0 bridgehead atoms. The molecule has 0 atom stereocenters. The first-order chi connectivity index (χ1) is 13.4. The number of benzene rings is 2. The smallest absolute Gasteiger partial charge is 0.335 e. The van der Waals surface area contributed by atoms with Gasteiger partial charge < -0.3 is 10.1 Å². The minimum atomic E-state index is -0.781. The van der Waals surface area contributed by atoms with Crippen molar-refractivity contribution >= 4 is 34.5 Å². The predicted octanol–water partition coefficient (Wildman–Crippen LogP) is 2.82. The van der Waals surface area contributed by atoms with Crippen molar-refractivity contribution in [2.45, 2.75) is 6.92 Å². The summed E-state index contributed by atoms with van der Waals surface area (Å²) in [6, 6.07) is 11.6. The molecular weight excluding hydrogens is 382 g/mol. The first kappa shape index (κ1) is 17.7. The molecule has 8 nitrogen and oxygen atoms in total. The van der Waals surface area contributed by atoms with Crippen molar-refractivity contribution in [2.24, 2.45) is 4.99 Å². The fourth-order valence-corrected chi connectivity index (χ4v) is 3.04. The van der Waals surface area contributed by atoms with Gasteiger partial charge in [0, 0.05) is 11.2 Å². The van der Waals surface area contributed by atoms with Gasteiger partial charge in [-0.1, -0.05) is 17.7 Å². The monoisotopic (exact) mass is 395 g/mol. The molecule has 0 fully saturated rings. The van der Waals surface area contributed by atoms with Crippen molar-refractivity contribution in [3.8, 4) is 11.6 Å². The summed E-state index contributed by atoms with van der Waals surface area (Å²) in [5.41, 5.74) is 0.784. The van der Waals surface area contributed by atoms with Crippen LogP contribution in [0.1, 0.15) is 11.4 Å². The lowest BCUT2D eigenvalue weighted by atomic mass is 10.2. The summed E-state index contributed by atoms with van der Waals surface area (Å²) >= 11 is 5.96. The summed E-state index contributed by atoms with van der Waals surface area (Å²) in [6.45, 7) is 1.85. The van der Waals surface area contributed by atoms with Gasteiger partial charge >= 0.3 is 5.69 Å². The predicted molar refractivity (Wildman–Crippen MR) is 107 cm³/mol. The van der Waals surface area contributed by atoms with Crippen LogP contribution in [0.15, 0.2) is 57.0 Å². The van der Waals surface area contributed by atoms with Crippen LogP contribution >= 0.6 is 11.6 Å². The van der Waals surface area contributed by atoms with Crippen LogP contribution in [0.25, 0.3) is 16.7 Å². The Kier molecular flexibility index (Phi) is 4.32. The third-order valence-electron chi connectivity index (χ3n) is 4.11. The molecule has 9 heteroatoms. The molecule has 0 amide bonds. The Bertz CT molecular complexity index is 1350. The summed E-state index contributed by atoms with van der Waals surface area (Å²) < 4.78 is 0.954. The lowest BCUT2D eigenvalue weighted by molar-refractivity contribution is 0.430. The van der Waals surface area contributed by atoms with Crippen molar-refractivity contribution in [3.63, 3.8) is 0 Å². The van der Waals surface area contributed by atoms with E-state index in [0.29, 0.717) is 16.4 Å². The second-order valence-electron chi connectivity index (χ2n) is 6.09. The Balaban J connectivity index is 1.80. The number of hydrogen-bond donors (Lipinski definition) is 3. The van der Waals surface area contributed by atoms with E-state index in [1.165, 1.54) is 12.3 Å². The van der Waals surface area contributed by atoms with Gasteiger partial charge in [-0.05, 0) is 43.3 Å². The highest BCUT2D eigenvalue weighted by atomic mass is 35.5. The molecule has 0 saturated heterocycles. The minimum Gasteiger partial charge on any atom is -0.493 e. The molecule has 4 rings (SSSR count). The number of hydrogen-bond acceptors (Lipinski definition) is 5. The lowest BCUT2D eigenvalue weighted by Crippen LogP contribution is -2.31. The van der Waals surface area contributed by atoms with E-state index < -0.39 is 17.1 Å². The van der Waals surface area contributed by atoms with E-state index in [-0.39, 0.29) is 5.56 Å². The van der Waals surface area contributed by atoms with Gasteiger partial charge in [-0.25, -0.2) is 14.3 Å². The zero-order chi connectivity index (χ0) is 19.8. The number of aromatic hydroxyl groups is 1. The number of aromatic nitrogens is 4. The maximum atomic E-state index is 12.2. The highest BCUT2D eigenvalue weighted by Gasteiger charge is 2.14. The molecule has 2 heterocycles. The number of aliphatic imine (C=N–C) groups is 1. The molecule has 3 N–H and O–H groups in total. The quantitative estimate of drug-likeness (QED) is 0.462. The Morgan fingerprint density at radius 1 is 1.18 bits per heavy atom. The molecule has 4 aromatic rings. The van der Waals surface area contributed by atoms with Gasteiger partial charge in [-0.3, -0.25) is 14.8 Å². The van der Waals surface area contributed by atoms with Crippen LogP contribution in [0.2, 0.25) is 5.02 Å². The van der Waals surface area contributed by atoms with Crippen molar-refractivity contribution in [1.82, 2.24) is 19.5 Å². The van der Waals surface area contributed by atoms with Gasteiger partial charge in [0.25, 0.3) is 5.56 Å². The van der Waals surface area contributed by atoms with E-state index in [1.54, 1.807) is 36.4 Å². The molecule has 0 unspecified atom stereocenters. The molecule has 0 saturated carbocycles. The van der Waals surface area contributed by atoms with Gasteiger partial charge in [-0.15, -0.1) is 0 Å². The second kappa shape index (κ2) is 6.82. The van der Waals surface area contributed by atoms with E-state index in [2.05, 4.69) is 19.9 Å².